The number of hydrogen-bond donors (Lipinski definition) is 1. The van der Waals surface area contributed by atoms with E-state index in [-0.39, 0.29) is 10.6 Å². The van der Waals surface area contributed by atoms with Crippen molar-refractivity contribution in [2.24, 2.45) is 0 Å². The van der Waals surface area contributed by atoms with Crippen LogP contribution in [0, 0.1) is 5.82 Å². The minimum atomic E-state index is -0.686. The van der Waals surface area contributed by atoms with Gasteiger partial charge in [0, 0.05) is 16.3 Å². The summed E-state index contributed by atoms with van der Waals surface area (Å²) < 4.78 is 13.5. The van der Waals surface area contributed by atoms with E-state index in [1.807, 2.05) is 0 Å². The average Bonchev–Trinajstić information content (AvgIpc) is 2.39. The quantitative estimate of drug-likeness (QED) is 0.872. The van der Waals surface area contributed by atoms with Crippen molar-refractivity contribution >= 4 is 29.5 Å². The fraction of sp³-hybridized carbons (Fsp3) is 0. The Bertz CT molecular complexity index is 626. The number of rotatable bonds is 3. The number of halogens is 2. The second-order valence-electron chi connectivity index (χ2n) is 3.82. The summed E-state index contributed by atoms with van der Waals surface area (Å²) in [7, 11) is 0. The molecule has 0 aliphatic carbocycles. The van der Waals surface area contributed by atoms with E-state index in [0.29, 0.717) is 17.5 Å². The Morgan fingerprint density at radius 1 is 1.16 bits per heavy atom. The van der Waals surface area contributed by atoms with Crippen LogP contribution in [-0.4, -0.2) is 12.2 Å². The van der Waals surface area contributed by atoms with Gasteiger partial charge in [0.15, 0.2) is 0 Å². The van der Waals surface area contributed by atoms with Crippen LogP contribution < -0.4 is 5.32 Å². The first-order valence-electron chi connectivity index (χ1n) is 5.42. The van der Waals surface area contributed by atoms with Gasteiger partial charge in [-0.15, -0.1) is 0 Å². The highest BCUT2D eigenvalue weighted by Crippen LogP contribution is 2.16. The van der Waals surface area contributed by atoms with Gasteiger partial charge in [-0.2, -0.15) is 0 Å². The minimum Gasteiger partial charge on any atom is -0.322 e. The lowest BCUT2D eigenvalue weighted by molar-refractivity contribution is 0.102. The van der Waals surface area contributed by atoms with E-state index in [1.54, 1.807) is 24.3 Å². The van der Waals surface area contributed by atoms with Crippen molar-refractivity contribution in [2.75, 3.05) is 5.32 Å². The average molecular weight is 278 g/mol. The fourth-order valence-electron chi connectivity index (χ4n) is 1.52. The van der Waals surface area contributed by atoms with Crippen LogP contribution in [-0.2, 0) is 0 Å². The second kappa shape index (κ2) is 5.63. The number of carbonyl (C=O) groups excluding carboxylic acids is 2. The van der Waals surface area contributed by atoms with Crippen molar-refractivity contribution in [3.05, 3.63) is 64.4 Å². The van der Waals surface area contributed by atoms with Gasteiger partial charge in [0.05, 0.1) is 5.56 Å². The van der Waals surface area contributed by atoms with Gasteiger partial charge in [-0.25, -0.2) is 4.39 Å². The molecular formula is C14H9ClFNO2. The highest BCUT2D eigenvalue weighted by molar-refractivity contribution is 6.30. The molecule has 3 nitrogen and oxygen atoms in total. The molecule has 0 aliphatic heterocycles. The third-order valence-electron chi connectivity index (χ3n) is 2.48. The summed E-state index contributed by atoms with van der Waals surface area (Å²) in [6.45, 7) is 0. The molecule has 1 N–H and O–H groups in total. The van der Waals surface area contributed by atoms with Crippen LogP contribution in [0.15, 0.2) is 42.5 Å². The van der Waals surface area contributed by atoms with Gasteiger partial charge in [0.25, 0.3) is 5.91 Å². The van der Waals surface area contributed by atoms with E-state index in [9.17, 15) is 14.0 Å². The maximum atomic E-state index is 13.5. The van der Waals surface area contributed by atoms with Gasteiger partial charge in [0.2, 0.25) is 0 Å². The molecule has 0 spiro atoms. The molecule has 0 saturated carbocycles. The molecule has 2 aromatic carbocycles. The Balaban J connectivity index is 2.18. The van der Waals surface area contributed by atoms with Crippen LogP contribution in [0.1, 0.15) is 20.7 Å². The number of hydrogen-bond acceptors (Lipinski definition) is 2. The lowest BCUT2D eigenvalue weighted by Gasteiger charge is -2.06. The molecule has 0 aromatic heterocycles. The number of carbonyl (C=O) groups is 2. The van der Waals surface area contributed by atoms with E-state index < -0.39 is 11.7 Å². The summed E-state index contributed by atoms with van der Waals surface area (Å²) in [6, 6.07) is 10.1. The Morgan fingerprint density at radius 2 is 1.84 bits per heavy atom. The van der Waals surface area contributed by atoms with E-state index in [0.717, 1.165) is 6.07 Å². The first kappa shape index (κ1) is 13.2. The molecule has 2 rings (SSSR count). The molecule has 96 valence electrons. The summed E-state index contributed by atoms with van der Waals surface area (Å²) >= 11 is 5.61. The van der Waals surface area contributed by atoms with Crippen LogP contribution in [0.4, 0.5) is 10.1 Å². The van der Waals surface area contributed by atoms with Gasteiger partial charge in [0.1, 0.15) is 12.1 Å². The first-order chi connectivity index (χ1) is 9.10. The Kier molecular flexibility index (Phi) is 3.92. The molecule has 0 aliphatic rings. The number of amides is 1. The fourth-order valence-corrected chi connectivity index (χ4v) is 1.68. The number of nitrogens with one attached hydrogen (secondary N) is 1. The molecule has 19 heavy (non-hydrogen) atoms. The van der Waals surface area contributed by atoms with Crippen LogP contribution in [0.2, 0.25) is 5.02 Å². The first-order valence-corrected chi connectivity index (χ1v) is 5.79. The van der Waals surface area contributed by atoms with Gasteiger partial charge in [-0.3, -0.25) is 9.59 Å². The van der Waals surface area contributed by atoms with Crippen LogP contribution in [0.3, 0.4) is 0 Å². The highest BCUT2D eigenvalue weighted by Gasteiger charge is 2.12. The monoisotopic (exact) mass is 277 g/mol. The summed E-state index contributed by atoms with van der Waals surface area (Å²) in [5.74, 6) is -1.26. The molecule has 5 heteroatoms. The zero-order valence-electron chi connectivity index (χ0n) is 9.69. The van der Waals surface area contributed by atoms with E-state index in [4.69, 9.17) is 11.6 Å². The van der Waals surface area contributed by atoms with Crippen molar-refractivity contribution in [2.45, 2.75) is 0 Å². The zero-order valence-corrected chi connectivity index (χ0v) is 10.4. The summed E-state index contributed by atoms with van der Waals surface area (Å²) in [6.07, 6.45) is 0.699. The Hall–Kier alpha value is -2.20. The summed E-state index contributed by atoms with van der Waals surface area (Å²) in [5, 5.41) is 2.76. The van der Waals surface area contributed by atoms with E-state index in [2.05, 4.69) is 5.32 Å². The summed E-state index contributed by atoms with van der Waals surface area (Å²) in [4.78, 5) is 22.3. The second-order valence-corrected chi connectivity index (χ2v) is 4.25. The third kappa shape index (κ3) is 3.17. The smallest absolute Gasteiger partial charge is 0.258 e. The zero-order chi connectivity index (χ0) is 13.8. The van der Waals surface area contributed by atoms with Crippen LogP contribution in [0.5, 0.6) is 0 Å². The molecule has 0 atom stereocenters. The number of aldehydes is 1. The molecule has 0 unspecified atom stereocenters. The largest absolute Gasteiger partial charge is 0.322 e. The Morgan fingerprint density at radius 3 is 2.42 bits per heavy atom. The van der Waals surface area contributed by atoms with Crippen molar-refractivity contribution in [1.82, 2.24) is 0 Å². The van der Waals surface area contributed by atoms with Gasteiger partial charge >= 0.3 is 0 Å². The standard InChI is InChI=1S/C14H9ClFNO2/c15-10-3-6-12(13(16)7-10)14(19)17-11-4-1-9(8-18)2-5-11/h1-8H,(H,17,19). The molecular weight excluding hydrogens is 269 g/mol. The number of benzene rings is 2. The van der Waals surface area contributed by atoms with Gasteiger partial charge < -0.3 is 5.32 Å². The van der Waals surface area contributed by atoms with E-state index >= 15 is 0 Å². The molecule has 1 amide bonds. The van der Waals surface area contributed by atoms with E-state index in [1.165, 1.54) is 12.1 Å². The van der Waals surface area contributed by atoms with Crippen LogP contribution in [0.25, 0.3) is 0 Å². The number of anilines is 1. The lowest BCUT2D eigenvalue weighted by Crippen LogP contribution is -2.13. The van der Waals surface area contributed by atoms with Crippen molar-refractivity contribution < 1.29 is 14.0 Å². The van der Waals surface area contributed by atoms with Gasteiger partial charge in [-0.1, -0.05) is 11.6 Å². The predicted molar refractivity (Wildman–Crippen MR) is 71.2 cm³/mol. The molecule has 0 heterocycles. The molecule has 0 bridgehead atoms. The van der Waals surface area contributed by atoms with Crippen LogP contribution >= 0.6 is 11.6 Å². The normalized spacial score (nSPS) is 10.0. The SMILES string of the molecule is O=Cc1ccc(NC(=O)c2ccc(Cl)cc2F)cc1. The molecule has 0 radical (unpaired) electrons. The Labute approximate surface area is 114 Å². The van der Waals surface area contributed by atoms with Crippen molar-refractivity contribution in [3.8, 4) is 0 Å². The lowest BCUT2D eigenvalue weighted by atomic mass is 10.2. The predicted octanol–water partition coefficient (Wildman–Crippen LogP) is 3.54. The molecule has 0 fully saturated rings. The maximum Gasteiger partial charge on any atom is 0.258 e. The molecule has 2 aromatic rings. The van der Waals surface area contributed by atoms with Crippen molar-refractivity contribution in [3.63, 3.8) is 0 Å². The highest BCUT2D eigenvalue weighted by atomic mass is 35.5. The minimum absolute atomic E-state index is 0.0936. The van der Waals surface area contributed by atoms with Crippen molar-refractivity contribution in [1.29, 1.82) is 0 Å². The topological polar surface area (TPSA) is 46.2 Å². The molecule has 0 saturated heterocycles. The maximum absolute atomic E-state index is 13.5. The summed E-state index contributed by atoms with van der Waals surface area (Å²) in [5.41, 5.74) is 0.879. The van der Waals surface area contributed by atoms with Gasteiger partial charge in [-0.05, 0) is 42.5 Å². The third-order valence-corrected chi connectivity index (χ3v) is 2.72.